The van der Waals surface area contributed by atoms with Gasteiger partial charge in [-0.1, -0.05) is 70.2 Å². The van der Waals surface area contributed by atoms with E-state index in [2.05, 4.69) is 99.6 Å². The lowest BCUT2D eigenvalue weighted by molar-refractivity contribution is 0.527. The number of hydrogen-bond acceptors (Lipinski definition) is 2. The van der Waals surface area contributed by atoms with Gasteiger partial charge in [0.05, 0.1) is 0 Å². The number of likely N-dealkylation sites (N-methyl/N-ethyl adjacent to an activating group) is 1. The van der Waals surface area contributed by atoms with Gasteiger partial charge in [-0.15, -0.1) is 0 Å². The van der Waals surface area contributed by atoms with Gasteiger partial charge >= 0.3 is 0 Å². The first-order valence-electron chi connectivity index (χ1n) is 9.10. The molecule has 25 heavy (non-hydrogen) atoms. The standard InChI is InChI=1S/C23H30N2/c1-22(2,17-11-7-9-13-19(17)24-5)16-15-21-23(3,4)18-12-8-10-14-20(18)25(21)6/h7-15,24H,16H2,1-6H3. The van der Waals surface area contributed by atoms with E-state index in [4.69, 9.17) is 0 Å². The number of anilines is 2. The molecule has 0 aromatic heterocycles. The van der Waals surface area contributed by atoms with Crippen molar-refractivity contribution in [1.82, 2.24) is 0 Å². The molecule has 1 aliphatic heterocycles. The zero-order chi connectivity index (χ0) is 18.2. The second kappa shape index (κ2) is 6.25. The maximum absolute atomic E-state index is 3.34. The highest BCUT2D eigenvalue weighted by atomic mass is 15.2. The summed E-state index contributed by atoms with van der Waals surface area (Å²) in [6.07, 6.45) is 3.44. The first-order valence-corrected chi connectivity index (χ1v) is 9.10. The summed E-state index contributed by atoms with van der Waals surface area (Å²) in [6, 6.07) is 17.4. The van der Waals surface area contributed by atoms with Crippen molar-refractivity contribution in [1.29, 1.82) is 0 Å². The van der Waals surface area contributed by atoms with Gasteiger partial charge in [-0.3, -0.25) is 0 Å². The quantitative estimate of drug-likeness (QED) is 0.770. The van der Waals surface area contributed by atoms with Crippen LogP contribution in [0.1, 0.15) is 45.2 Å². The molecule has 0 unspecified atom stereocenters. The summed E-state index contributed by atoms with van der Waals surface area (Å²) in [5, 5.41) is 3.34. The van der Waals surface area contributed by atoms with E-state index in [-0.39, 0.29) is 10.8 Å². The third-order valence-electron chi connectivity index (χ3n) is 5.67. The van der Waals surface area contributed by atoms with E-state index in [0.717, 1.165) is 6.42 Å². The first-order chi connectivity index (χ1) is 11.8. The van der Waals surface area contributed by atoms with Crippen LogP contribution in [0, 0.1) is 0 Å². The summed E-state index contributed by atoms with van der Waals surface area (Å²) in [6.45, 7) is 9.32. The molecule has 1 aliphatic rings. The highest BCUT2D eigenvalue weighted by molar-refractivity contribution is 5.69. The lowest BCUT2D eigenvalue weighted by Gasteiger charge is -2.29. The molecular formula is C23H30N2. The minimum atomic E-state index is 0.0456. The predicted molar refractivity (Wildman–Crippen MR) is 110 cm³/mol. The van der Waals surface area contributed by atoms with Crippen molar-refractivity contribution < 1.29 is 0 Å². The van der Waals surface area contributed by atoms with Gasteiger partial charge in [0.15, 0.2) is 0 Å². The van der Waals surface area contributed by atoms with Gasteiger partial charge in [-0.2, -0.15) is 0 Å². The Hall–Kier alpha value is -2.22. The smallest absolute Gasteiger partial charge is 0.0447 e. The molecule has 2 nitrogen and oxygen atoms in total. The number of fused-ring (bicyclic) bond motifs is 1. The summed E-state index contributed by atoms with van der Waals surface area (Å²) in [5.41, 5.74) is 6.83. The average molecular weight is 335 g/mol. The van der Waals surface area contributed by atoms with Crippen LogP contribution in [0.5, 0.6) is 0 Å². The third-order valence-corrected chi connectivity index (χ3v) is 5.67. The average Bonchev–Trinajstić information content (AvgIpc) is 2.80. The minimum Gasteiger partial charge on any atom is -0.388 e. The van der Waals surface area contributed by atoms with Crippen LogP contribution in [-0.4, -0.2) is 14.1 Å². The fourth-order valence-electron chi connectivity index (χ4n) is 4.13. The van der Waals surface area contributed by atoms with Crippen LogP contribution in [0.3, 0.4) is 0 Å². The van der Waals surface area contributed by atoms with Crippen molar-refractivity contribution in [3.05, 3.63) is 71.4 Å². The number of benzene rings is 2. The van der Waals surface area contributed by atoms with E-state index in [1.54, 1.807) is 0 Å². The Morgan fingerprint density at radius 2 is 1.68 bits per heavy atom. The molecule has 2 heteroatoms. The van der Waals surface area contributed by atoms with E-state index in [1.807, 2.05) is 7.05 Å². The zero-order valence-corrected chi connectivity index (χ0v) is 16.4. The van der Waals surface area contributed by atoms with E-state index < -0.39 is 0 Å². The van der Waals surface area contributed by atoms with Crippen LogP contribution >= 0.6 is 0 Å². The summed E-state index contributed by atoms with van der Waals surface area (Å²) in [5.74, 6) is 0. The lowest BCUT2D eigenvalue weighted by Crippen LogP contribution is -2.25. The molecule has 0 atom stereocenters. The fourth-order valence-corrected chi connectivity index (χ4v) is 4.13. The number of nitrogens with one attached hydrogen (secondary N) is 1. The molecule has 0 fully saturated rings. The molecule has 0 aliphatic carbocycles. The molecular weight excluding hydrogens is 304 g/mol. The van der Waals surface area contributed by atoms with Crippen molar-refractivity contribution >= 4 is 11.4 Å². The maximum atomic E-state index is 3.34. The van der Waals surface area contributed by atoms with Gasteiger partial charge in [-0.25, -0.2) is 0 Å². The summed E-state index contributed by atoms with van der Waals surface area (Å²) < 4.78 is 0. The molecule has 0 spiro atoms. The molecule has 1 N–H and O–H groups in total. The molecule has 0 bridgehead atoms. The van der Waals surface area contributed by atoms with Crippen molar-refractivity contribution in [2.75, 3.05) is 24.3 Å². The van der Waals surface area contributed by atoms with E-state index >= 15 is 0 Å². The second-order valence-electron chi connectivity index (χ2n) is 8.17. The monoisotopic (exact) mass is 334 g/mol. The molecule has 2 aromatic rings. The van der Waals surface area contributed by atoms with Gasteiger partial charge < -0.3 is 10.2 Å². The lowest BCUT2D eigenvalue weighted by atomic mass is 9.78. The number of para-hydroxylation sites is 2. The summed E-state index contributed by atoms with van der Waals surface area (Å²) in [7, 11) is 4.19. The maximum Gasteiger partial charge on any atom is 0.0447 e. The Morgan fingerprint density at radius 1 is 1.04 bits per heavy atom. The highest BCUT2D eigenvalue weighted by Gasteiger charge is 2.38. The number of rotatable bonds is 4. The van der Waals surface area contributed by atoms with Crippen LogP contribution < -0.4 is 10.2 Å². The molecule has 1 heterocycles. The third kappa shape index (κ3) is 2.95. The highest BCUT2D eigenvalue weighted by Crippen LogP contribution is 2.47. The Labute approximate surface area is 152 Å². The van der Waals surface area contributed by atoms with Crippen molar-refractivity contribution in [3.63, 3.8) is 0 Å². The van der Waals surface area contributed by atoms with Crippen LogP contribution in [0.2, 0.25) is 0 Å². The van der Waals surface area contributed by atoms with Crippen molar-refractivity contribution in [2.45, 2.75) is 44.9 Å². The zero-order valence-electron chi connectivity index (χ0n) is 16.4. The molecule has 132 valence electrons. The number of hydrogen-bond donors (Lipinski definition) is 1. The molecule has 0 radical (unpaired) electrons. The minimum absolute atomic E-state index is 0.0456. The van der Waals surface area contributed by atoms with Gasteiger partial charge in [0, 0.05) is 36.6 Å². The van der Waals surface area contributed by atoms with Gasteiger partial charge in [-0.05, 0) is 35.1 Å². The van der Waals surface area contributed by atoms with Crippen LogP contribution in [0.25, 0.3) is 0 Å². The Morgan fingerprint density at radius 3 is 2.36 bits per heavy atom. The molecule has 0 saturated heterocycles. The molecule has 0 saturated carbocycles. The number of allylic oxidation sites excluding steroid dienone is 2. The Balaban J connectivity index is 1.94. The SMILES string of the molecule is CNc1ccccc1C(C)(C)CC=C1N(C)c2ccccc2C1(C)C. The number of nitrogens with zero attached hydrogens (tertiary/aromatic N) is 1. The van der Waals surface area contributed by atoms with Crippen LogP contribution in [0.15, 0.2) is 60.3 Å². The molecule has 2 aromatic carbocycles. The van der Waals surface area contributed by atoms with Crippen LogP contribution in [-0.2, 0) is 10.8 Å². The normalized spacial score (nSPS) is 17.7. The van der Waals surface area contributed by atoms with Gasteiger partial charge in [0.1, 0.15) is 0 Å². The summed E-state index contributed by atoms with van der Waals surface area (Å²) >= 11 is 0. The van der Waals surface area contributed by atoms with Crippen molar-refractivity contribution in [2.24, 2.45) is 0 Å². The van der Waals surface area contributed by atoms with E-state index in [1.165, 1.54) is 28.2 Å². The largest absolute Gasteiger partial charge is 0.388 e. The Kier molecular flexibility index (Phi) is 4.40. The van der Waals surface area contributed by atoms with Gasteiger partial charge in [0.25, 0.3) is 0 Å². The topological polar surface area (TPSA) is 15.3 Å². The molecule has 3 rings (SSSR count). The second-order valence-corrected chi connectivity index (χ2v) is 8.17. The predicted octanol–water partition coefficient (Wildman–Crippen LogP) is 5.71. The van der Waals surface area contributed by atoms with E-state index in [0.29, 0.717) is 0 Å². The van der Waals surface area contributed by atoms with Crippen LogP contribution in [0.4, 0.5) is 11.4 Å². The van der Waals surface area contributed by atoms with Crippen molar-refractivity contribution in [3.8, 4) is 0 Å². The summed E-state index contributed by atoms with van der Waals surface area (Å²) in [4.78, 5) is 2.36. The Bertz CT molecular complexity index is 799. The molecule has 0 amide bonds. The van der Waals surface area contributed by atoms with Gasteiger partial charge in [0.2, 0.25) is 0 Å². The van der Waals surface area contributed by atoms with E-state index in [9.17, 15) is 0 Å². The first kappa shape index (κ1) is 17.6. The fraction of sp³-hybridized carbons (Fsp3) is 0.391.